The Morgan fingerprint density at radius 3 is 0.767 bits per heavy atom. The van der Waals surface area contributed by atoms with Crippen molar-refractivity contribution >= 4 is 0 Å². The largest absolute Gasteiger partial charge is 0.507 e. The van der Waals surface area contributed by atoms with E-state index in [1.165, 1.54) is 0 Å². The molecule has 0 spiro atoms. The second kappa shape index (κ2) is 11.1. The first kappa shape index (κ1) is 28.2. The number of para-hydroxylation sites is 2. The van der Waals surface area contributed by atoms with E-state index in [2.05, 4.69) is 0 Å². The van der Waals surface area contributed by atoms with Crippen LogP contribution in [0.3, 0.4) is 0 Å². The van der Waals surface area contributed by atoms with Crippen LogP contribution in [0.4, 0.5) is 0 Å². The molecule has 0 atom stereocenters. The van der Waals surface area contributed by atoms with Crippen LogP contribution in [-0.2, 0) is 32.1 Å². The smallest absolute Gasteiger partial charge is 0.122 e. The first-order chi connectivity index (χ1) is 20.6. The van der Waals surface area contributed by atoms with Crippen molar-refractivity contribution in [2.24, 2.45) is 0 Å². The Kier molecular flexibility index (Phi) is 7.26. The maximum absolute atomic E-state index is 11.4. The van der Waals surface area contributed by atoms with Crippen LogP contribution >= 0.6 is 0 Å². The highest BCUT2D eigenvalue weighted by Crippen LogP contribution is 2.38. The van der Waals surface area contributed by atoms with Crippen LogP contribution in [0.5, 0.6) is 28.7 Å². The van der Waals surface area contributed by atoms with Gasteiger partial charge in [-0.3, -0.25) is 0 Å². The minimum atomic E-state index is 0.131. The third-order valence-corrected chi connectivity index (χ3v) is 8.55. The molecule has 5 nitrogen and oxygen atoms in total. The summed E-state index contributed by atoms with van der Waals surface area (Å²) in [5.41, 5.74) is 9.72. The van der Waals surface area contributed by atoms with Gasteiger partial charge in [0.05, 0.1) is 0 Å². The first-order valence-corrected chi connectivity index (χ1v) is 14.6. The number of hydrogen-bond donors (Lipinski definition) is 5. The average molecular weight is 573 g/mol. The van der Waals surface area contributed by atoms with Gasteiger partial charge in [-0.2, -0.15) is 0 Å². The molecule has 0 fully saturated rings. The van der Waals surface area contributed by atoms with Gasteiger partial charge >= 0.3 is 0 Å². The summed E-state index contributed by atoms with van der Waals surface area (Å²) in [6.45, 7) is 5.91. The van der Waals surface area contributed by atoms with Gasteiger partial charge < -0.3 is 25.5 Å². The lowest BCUT2D eigenvalue weighted by atomic mass is 9.90. The molecule has 0 saturated carbocycles. The number of aromatic hydroxyl groups is 5. The molecular weight excluding hydrogens is 536 g/mol. The molecule has 1 aliphatic rings. The van der Waals surface area contributed by atoms with Gasteiger partial charge in [-0.25, -0.2) is 0 Å². The third kappa shape index (κ3) is 5.51. The summed E-state index contributed by atoms with van der Waals surface area (Å²) in [7, 11) is 0. The fourth-order valence-corrected chi connectivity index (χ4v) is 6.50. The Morgan fingerprint density at radius 1 is 0.326 bits per heavy atom. The van der Waals surface area contributed by atoms with Crippen LogP contribution in [0, 0.1) is 20.8 Å². The standard InChI is InChI=1S/C38H36O5/c1-21-10-28-17-26-8-4-6-24(34(26)39)16-25-7-5-9-27(35(25)40)18-29-11-22(2)13-31(37(29)42)20-33-15-23(3)14-32(38(33)43)19-30(12-21)36(28)41/h4-15,39-43H,16-20H2,1-3H3. The Bertz CT molecular complexity index is 1750. The molecule has 0 aliphatic heterocycles. The van der Waals surface area contributed by atoms with Gasteiger partial charge in [0.25, 0.3) is 0 Å². The second-order valence-electron chi connectivity index (χ2n) is 12.0. The average Bonchev–Trinajstić information content (AvgIpc) is 2.95. The lowest BCUT2D eigenvalue weighted by molar-refractivity contribution is 0.450. The van der Waals surface area contributed by atoms with Crippen LogP contribution in [0.1, 0.15) is 72.3 Å². The number of phenols is 5. The van der Waals surface area contributed by atoms with Crippen LogP contribution in [-0.4, -0.2) is 25.5 Å². The van der Waals surface area contributed by atoms with Crippen molar-refractivity contribution in [1.82, 2.24) is 0 Å². The van der Waals surface area contributed by atoms with Crippen LogP contribution in [0.25, 0.3) is 0 Å². The number of benzene rings is 5. The van der Waals surface area contributed by atoms with Gasteiger partial charge in [0.15, 0.2) is 0 Å². The van der Waals surface area contributed by atoms with Gasteiger partial charge in [-0.15, -0.1) is 0 Å². The molecule has 6 rings (SSSR count). The molecule has 5 heteroatoms. The number of fused-ring (bicyclic) bond motifs is 10. The molecule has 218 valence electrons. The summed E-state index contributed by atoms with van der Waals surface area (Å²) < 4.78 is 0. The van der Waals surface area contributed by atoms with Gasteiger partial charge in [0.1, 0.15) is 28.7 Å². The Morgan fingerprint density at radius 2 is 0.512 bits per heavy atom. The van der Waals surface area contributed by atoms with E-state index in [1.54, 1.807) is 0 Å². The van der Waals surface area contributed by atoms with E-state index >= 15 is 0 Å². The van der Waals surface area contributed by atoms with Crippen LogP contribution in [0.2, 0.25) is 0 Å². The Hall–Kier alpha value is -4.90. The fraction of sp³-hybridized carbons (Fsp3) is 0.211. The first-order valence-electron chi connectivity index (χ1n) is 14.6. The molecule has 0 amide bonds. The third-order valence-electron chi connectivity index (χ3n) is 8.55. The number of aryl methyl sites for hydroxylation is 3. The number of hydrogen-bond acceptors (Lipinski definition) is 5. The molecule has 43 heavy (non-hydrogen) atoms. The van der Waals surface area contributed by atoms with Gasteiger partial charge in [-0.05, 0) is 76.4 Å². The van der Waals surface area contributed by atoms with Gasteiger partial charge in [-0.1, -0.05) is 89.5 Å². The van der Waals surface area contributed by atoms with E-state index in [9.17, 15) is 25.5 Å². The minimum Gasteiger partial charge on any atom is -0.507 e. The molecule has 5 aromatic rings. The van der Waals surface area contributed by atoms with Crippen molar-refractivity contribution in [2.75, 3.05) is 0 Å². The van der Waals surface area contributed by atoms with E-state index in [0.29, 0.717) is 87.7 Å². The predicted molar refractivity (Wildman–Crippen MR) is 169 cm³/mol. The second-order valence-corrected chi connectivity index (χ2v) is 12.0. The van der Waals surface area contributed by atoms with Gasteiger partial charge in [0, 0.05) is 32.1 Å². The highest BCUT2D eigenvalue weighted by atomic mass is 16.3. The zero-order valence-corrected chi connectivity index (χ0v) is 24.7. The monoisotopic (exact) mass is 572 g/mol. The van der Waals surface area contributed by atoms with Crippen molar-refractivity contribution < 1.29 is 25.5 Å². The molecule has 0 aromatic heterocycles. The molecule has 0 radical (unpaired) electrons. The predicted octanol–water partition coefficient (Wildman–Crippen LogP) is 7.41. The van der Waals surface area contributed by atoms with Crippen molar-refractivity contribution in [3.05, 3.63) is 145 Å². The minimum absolute atomic E-state index is 0.131. The summed E-state index contributed by atoms with van der Waals surface area (Å²) in [6, 6.07) is 22.7. The Labute approximate surface area is 252 Å². The molecule has 5 N–H and O–H groups in total. The molecule has 1 aliphatic carbocycles. The molecular formula is C38H36O5. The molecule has 0 heterocycles. The lowest BCUT2D eigenvalue weighted by Crippen LogP contribution is -2.02. The molecule has 10 bridgehead atoms. The fourth-order valence-electron chi connectivity index (χ4n) is 6.50. The highest BCUT2D eigenvalue weighted by Gasteiger charge is 2.20. The maximum Gasteiger partial charge on any atom is 0.122 e. The van der Waals surface area contributed by atoms with E-state index < -0.39 is 0 Å². The van der Waals surface area contributed by atoms with E-state index in [4.69, 9.17) is 0 Å². The topological polar surface area (TPSA) is 101 Å². The Balaban J connectivity index is 1.57. The summed E-state index contributed by atoms with van der Waals surface area (Å²) in [4.78, 5) is 0. The highest BCUT2D eigenvalue weighted by molar-refractivity contribution is 5.57. The zero-order valence-electron chi connectivity index (χ0n) is 24.7. The number of phenolic OH excluding ortho intramolecular Hbond substituents is 5. The summed E-state index contributed by atoms with van der Waals surface area (Å²) in [5.74, 6) is 0.676. The summed E-state index contributed by atoms with van der Waals surface area (Å²) in [5, 5.41) is 56.9. The van der Waals surface area contributed by atoms with E-state index in [-0.39, 0.29) is 28.7 Å². The summed E-state index contributed by atoms with van der Waals surface area (Å²) in [6.07, 6.45) is 1.62. The number of rotatable bonds is 0. The SMILES string of the molecule is Cc1cc2c(O)c(c1)Cc1cc(C)cc(c1O)Cc1cc(C)cc(c1O)Cc1cccc(c1O)Cc1cccc(c1O)C2. The lowest BCUT2D eigenvalue weighted by Gasteiger charge is -2.18. The maximum atomic E-state index is 11.4. The van der Waals surface area contributed by atoms with Crippen molar-refractivity contribution in [3.63, 3.8) is 0 Å². The molecule has 0 unspecified atom stereocenters. The van der Waals surface area contributed by atoms with Crippen molar-refractivity contribution in [3.8, 4) is 28.7 Å². The van der Waals surface area contributed by atoms with Crippen LogP contribution < -0.4 is 0 Å². The van der Waals surface area contributed by atoms with E-state index in [1.807, 2.05) is 93.6 Å². The molecule has 0 saturated heterocycles. The zero-order chi connectivity index (χ0) is 30.4. The van der Waals surface area contributed by atoms with Gasteiger partial charge in [0.2, 0.25) is 0 Å². The van der Waals surface area contributed by atoms with Crippen molar-refractivity contribution in [1.29, 1.82) is 0 Å². The van der Waals surface area contributed by atoms with E-state index in [0.717, 1.165) is 16.7 Å². The van der Waals surface area contributed by atoms with Crippen LogP contribution in [0.15, 0.2) is 72.8 Å². The van der Waals surface area contributed by atoms with Crippen molar-refractivity contribution in [2.45, 2.75) is 52.9 Å². The molecule has 5 aromatic carbocycles. The normalized spacial score (nSPS) is 13.0. The quantitative estimate of drug-likeness (QED) is 0.131. The summed E-state index contributed by atoms with van der Waals surface area (Å²) >= 11 is 0.